The lowest BCUT2D eigenvalue weighted by molar-refractivity contribution is 0.443. The molecule has 3 rings (SSSR count). The van der Waals surface area contributed by atoms with E-state index in [2.05, 4.69) is 29.6 Å². The van der Waals surface area contributed by atoms with Gasteiger partial charge in [0.2, 0.25) is 0 Å². The van der Waals surface area contributed by atoms with E-state index in [0.29, 0.717) is 0 Å². The summed E-state index contributed by atoms with van der Waals surface area (Å²) in [7, 11) is 0. The Morgan fingerprint density at radius 1 is 0.850 bits per heavy atom. The summed E-state index contributed by atoms with van der Waals surface area (Å²) >= 11 is 0. The highest BCUT2D eigenvalue weighted by molar-refractivity contribution is 5.72. The normalized spacial score (nSPS) is 16.0. The zero-order valence-corrected chi connectivity index (χ0v) is 11.8. The Balaban J connectivity index is 1.71. The van der Waals surface area contributed by atoms with E-state index in [9.17, 15) is 0 Å². The molecule has 0 atom stereocenters. The molecule has 1 aliphatic rings. The highest BCUT2D eigenvalue weighted by Gasteiger charge is 2.15. The Bertz CT molecular complexity index is 554. The van der Waals surface area contributed by atoms with Gasteiger partial charge in [-0.25, -0.2) is 0 Å². The predicted octanol–water partition coefficient (Wildman–Crippen LogP) is 5.06. The Morgan fingerprint density at radius 2 is 1.55 bits per heavy atom. The molecule has 0 amide bonds. The van der Waals surface area contributed by atoms with Crippen LogP contribution in [0.2, 0.25) is 0 Å². The van der Waals surface area contributed by atoms with Crippen LogP contribution in [0, 0.1) is 0 Å². The largest absolute Gasteiger partial charge is 0.397 e. The van der Waals surface area contributed by atoms with E-state index in [1.807, 2.05) is 24.3 Å². The van der Waals surface area contributed by atoms with Crippen molar-refractivity contribution in [3.8, 4) is 0 Å². The highest BCUT2D eigenvalue weighted by atomic mass is 14.9. The van der Waals surface area contributed by atoms with E-state index >= 15 is 0 Å². The lowest BCUT2D eigenvalue weighted by atomic mass is 9.84. The number of rotatable bonds is 3. The molecule has 2 aromatic rings. The highest BCUT2D eigenvalue weighted by Crippen LogP contribution is 2.33. The minimum Gasteiger partial charge on any atom is -0.397 e. The molecule has 20 heavy (non-hydrogen) atoms. The molecule has 0 unspecified atom stereocenters. The van der Waals surface area contributed by atoms with Crippen molar-refractivity contribution in [1.29, 1.82) is 0 Å². The van der Waals surface area contributed by atoms with E-state index in [1.165, 1.54) is 37.7 Å². The van der Waals surface area contributed by atoms with Gasteiger partial charge >= 0.3 is 0 Å². The molecule has 1 saturated carbocycles. The van der Waals surface area contributed by atoms with Gasteiger partial charge in [-0.15, -0.1) is 0 Å². The van der Waals surface area contributed by atoms with Crippen molar-refractivity contribution in [1.82, 2.24) is 0 Å². The molecule has 2 heteroatoms. The maximum absolute atomic E-state index is 5.95. The number of nitrogens with one attached hydrogen (secondary N) is 1. The predicted molar refractivity (Wildman–Crippen MR) is 86.4 cm³/mol. The van der Waals surface area contributed by atoms with Crippen LogP contribution in [0.15, 0.2) is 48.5 Å². The molecule has 1 aliphatic carbocycles. The average Bonchev–Trinajstić information content (AvgIpc) is 2.51. The number of hydrogen-bond donors (Lipinski definition) is 2. The summed E-state index contributed by atoms with van der Waals surface area (Å²) in [6.07, 6.45) is 6.86. The van der Waals surface area contributed by atoms with Gasteiger partial charge in [0.15, 0.2) is 0 Å². The molecular weight excluding hydrogens is 244 g/mol. The fourth-order valence-corrected chi connectivity index (χ4v) is 3.04. The van der Waals surface area contributed by atoms with Crippen molar-refractivity contribution in [3.05, 3.63) is 54.1 Å². The van der Waals surface area contributed by atoms with Crippen LogP contribution in [0.1, 0.15) is 43.6 Å². The zero-order chi connectivity index (χ0) is 13.8. The van der Waals surface area contributed by atoms with Crippen molar-refractivity contribution < 1.29 is 0 Å². The van der Waals surface area contributed by atoms with E-state index < -0.39 is 0 Å². The number of nitrogens with two attached hydrogens (primary N) is 1. The van der Waals surface area contributed by atoms with Gasteiger partial charge in [0.1, 0.15) is 0 Å². The van der Waals surface area contributed by atoms with Crippen LogP contribution >= 0.6 is 0 Å². The molecule has 0 bridgehead atoms. The molecule has 0 aliphatic heterocycles. The second-order valence-electron chi connectivity index (χ2n) is 5.67. The fraction of sp³-hybridized carbons (Fsp3) is 0.333. The molecule has 3 N–H and O–H groups in total. The minimum absolute atomic E-state index is 0.764. The molecule has 104 valence electrons. The van der Waals surface area contributed by atoms with Gasteiger partial charge in [-0.3, -0.25) is 0 Å². The molecule has 2 nitrogen and oxygen atoms in total. The standard InChI is InChI=1S/C18H22N2/c19-17-8-4-5-9-18(17)20-16-12-10-15(11-13-16)14-6-2-1-3-7-14/h4-5,8-14,20H,1-3,6-7,19H2. The summed E-state index contributed by atoms with van der Waals surface area (Å²) in [5.41, 5.74) is 10.3. The third kappa shape index (κ3) is 2.96. The lowest BCUT2D eigenvalue weighted by Crippen LogP contribution is -2.04. The zero-order valence-electron chi connectivity index (χ0n) is 11.8. The quantitative estimate of drug-likeness (QED) is 0.762. The van der Waals surface area contributed by atoms with Gasteiger partial charge in [0, 0.05) is 5.69 Å². The Morgan fingerprint density at radius 3 is 2.25 bits per heavy atom. The number of benzene rings is 2. The van der Waals surface area contributed by atoms with E-state index in [1.54, 1.807) is 0 Å². The first-order valence-electron chi connectivity index (χ1n) is 7.54. The van der Waals surface area contributed by atoms with Gasteiger partial charge in [-0.1, -0.05) is 43.5 Å². The monoisotopic (exact) mass is 266 g/mol. The van der Waals surface area contributed by atoms with Gasteiger partial charge in [0.05, 0.1) is 11.4 Å². The summed E-state index contributed by atoms with van der Waals surface area (Å²) in [6.45, 7) is 0. The molecule has 1 fully saturated rings. The fourth-order valence-electron chi connectivity index (χ4n) is 3.04. The number of nitrogen functional groups attached to an aromatic ring is 1. The Labute approximate surface area is 121 Å². The second kappa shape index (κ2) is 6.00. The molecule has 0 aromatic heterocycles. The molecule has 0 spiro atoms. The van der Waals surface area contributed by atoms with Gasteiger partial charge in [-0.05, 0) is 48.6 Å². The number of anilines is 3. The Hall–Kier alpha value is -1.96. The maximum atomic E-state index is 5.95. The van der Waals surface area contributed by atoms with Crippen molar-refractivity contribution in [3.63, 3.8) is 0 Å². The van der Waals surface area contributed by atoms with E-state index in [-0.39, 0.29) is 0 Å². The third-order valence-electron chi connectivity index (χ3n) is 4.23. The summed E-state index contributed by atoms with van der Waals surface area (Å²) < 4.78 is 0. The van der Waals surface area contributed by atoms with Crippen LogP contribution in [-0.2, 0) is 0 Å². The second-order valence-corrected chi connectivity index (χ2v) is 5.67. The van der Waals surface area contributed by atoms with Crippen molar-refractivity contribution in [2.24, 2.45) is 0 Å². The summed E-state index contributed by atoms with van der Waals surface area (Å²) in [6, 6.07) is 16.7. The minimum atomic E-state index is 0.764. The molecule has 0 saturated heterocycles. The van der Waals surface area contributed by atoms with Crippen LogP contribution in [0.3, 0.4) is 0 Å². The first kappa shape index (κ1) is 13.0. The summed E-state index contributed by atoms with van der Waals surface area (Å²) in [5, 5.41) is 3.38. The Kier molecular flexibility index (Phi) is 3.91. The number of para-hydroxylation sites is 2. The van der Waals surface area contributed by atoms with Crippen molar-refractivity contribution in [2.75, 3.05) is 11.1 Å². The lowest BCUT2D eigenvalue weighted by Gasteiger charge is -2.22. The molecule has 0 radical (unpaired) electrons. The molecular formula is C18H22N2. The molecule has 2 aromatic carbocycles. The van der Waals surface area contributed by atoms with Crippen LogP contribution in [0.4, 0.5) is 17.1 Å². The summed E-state index contributed by atoms with van der Waals surface area (Å²) in [5.74, 6) is 0.764. The van der Waals surface area contributed by atoms with Crippen molar-refractivity contribution in [2.45, 2.75) is 38.0 Å². The summed E-state index contributed by atoms with van der Waals surface area (Å²) in [4.78, 5) is 0. The van der Waals surface area contributed by atoms with E-state index in [4.69, 9.17) is 5.73 Å². The first-order valence-corrected chi connectivity index (χ1v) is 7.54. The van der Waals surface area contributed by atoms with Crippen LogP contribution < -0.4 is 11.1 Å². The smallest absolute Gasteiger partial charge is 0.0617 e. The van der Waals surface area contributed by atoms with Gasteiger partial charge < -0.3 is 11.1 Å². The SMILES string of the molecule is Nc1ccccc1Nc1ccc(C2CCCCC2)cc1. The van der Waals surface area contributed by atoms with Crippen molar-refractivity contribution >= 4 is 17.1 Å². The number of hydrogen-bond acceptors (Lipinski definition) is 2. The van der Waals surface area contributed by atoms with Crippen LogP contribution in [0.25, 0.3) is 0 Å². The van der Waals surface area contributed by atoms with Gasteiger partial charge in [-0.2, -0.15) is 0 Å². The van der Waals surface area contributed by atoms with Gasteiger partial charge in [0.25, 0.3) is 0 Å². The third-order valence-corrected chi connectivity index (χ3v) is 4.23. The molecule has 0 heterocycles. The maximum Gasteiger partial charge on any atom is 0.0617 e. The van der Waals surface area contributed by atoms with E-state index in [0.717, 1.165) is 23.0 Å². The van der Waals surface area contributed by atoms with Crippen LogP contribution in [0.5, 0.6) is 0 Å². The average molecular weight is 266 g/mol. The first-order chi connectivity index (χ1) is 9.83. The topological polar surface area (TPSA) is 38.0 Å². The van der Waals surface area contributed by atoms with Crippen LogP contribution in [-0.4, -0.2) is 0 Å².